The predicted molar refractivity (Wildman–Crippen MR) is 84.4 cm³/mol. The number of thioether (sulfide) groups is 2. The molecule has 0 bridgehead atoms. The topological polar surface area (TPSA) is 68.9 Å². The van der Waals surface area contributed by atoms with Crippen LogP contribution in [0.3, 0.4) is 0 Å². The highest BCUT2D eigenvalue weighted by atomic mass is 35.5. The molecule has 0 aromatic heterocycles. The number of rotatable bonds is 2. The maximum absolute atomic E-state index is 11.3. The fraction of sp³-hybridized carbons (Fsp3) is 0.167. The number of benzene rings is 1. The molecule has 0 aliphatic carbocycles. The quantitative estimate of drug-likeness (QED) is 0.907. The molecule has 1 amide bonds. The Kier molecular flexibility index (Phi) is 3.82. The summed E-state index contributed by atoms with van der Waals surface area (Å²) in [6, 6.07) is 7.63. The number of amidine groups is 2. The Hall–Kier alpha value is -1.31. The molecule has 1 N–H and O–H groups in total. The molecular formula is C12H9ClN4OS2. The third kappa shape index (κ3) is 2.89. The molecule has 0 saturated heterocycles. The smallest absolute Gasteiger partial charge is 0.255 e. The van der Waals surface area contributed by atoms with Gasteiger partial charge in [0.15, 0.2) is 4.38 Å². The highest BCUT2D eigenvalue weighted by molar-refractivity contribution is 8.45. The molecule has 0 atom stereocenters. The first-order valence-electron chi connectivity index (χ1n) is 5.74. The van der Waals surface area contributed by atoms with Gasteiger partial charge in [0.2, 0.25) is 5.17 Å². The van der Waals surface area contributed by atoms with Crippen molar-refractivity contribution in [2.24, 2.45) is 10.1 Å². The second-order valence-electron chi connectivity index (χ2n) is 4.11. The van der Waals surface area contributed by atoms with Gasteiger partial charge in [-0.1, -0.05) is 35.5 Å². The van der Waals surface area contributed by atoms with Gasteiger partial charge in [0, 0.05) is 10.8 Å². The number of hydrazone groups is 1. The zero-order valence-corrected chi connectivity index (χ0v) is 12.6. The highest BCUT2D eigenvalue weighted by Gasteiger charge is 2.32. The number of carbonyl (C=O) groups is 1. The number of halogens is 1. The summed E-state index contributed by atoms with van der Waals surface area (Å²) in [6.07, 6.45) is 0.0166. The third-order valence-corrected chi connectivity index (χ3v) is 4.98. The van der Waals surface area contributed by atoms with E-state index in [-0.39, 0.29) is 18.2 Å². The minimum Gasteiger partial charge on any atom is -0.286 e. The second kappa shape index (κ2) is 5.59. The highest BCUT2D eigenvalue weighted by Crippen LogP contribution is 2.32. The van der Waals surface area contributed by atoms with E-state index in [0.29, 0.717) is 10.2 Å². The summed E-state index contributed by atoms with van der Waals surface area (Å²) in [7, 11) is 0. The van der Waals surface area contributed by atoms with Gasteiger partial charge < -0.3 is 0 Å². The largest absolute Gasteiger partial charge is 0.286 e. The number of hydrogen-bond donors (Lipinski definition) is 1. The lowest BCUT2D eigenvalue weighted by atomic mass is 10.2. The number of nitrogens with one attached hydrogen (secondary N) is 1. The lowest BCUT2D eigenvalue weighted by Crippen LogP contribution is -2.33. The van der Waals surface area contributed by atoms with Crippen molar-refractivity contribution < 1.29 is 4.79 Å². The van der Waals surface area contributed by atoms with E-state index < -0.39 is 0 Å². The predicted octanol–water partition coefficient (Wildman–Crippen LogP) is 3.16. The van der Waals surface area contributed by atoms with Gasteiger partial charge in [-0.15, -0.1) is 0 Å². The average Bonchev–Trinajstić information content (AvgIpc) is 2.81. The number of fused-ring (bicyclic) bond motifs is 1. The summed E-state index contributed by atoms with van der Waals surface area (Å²) in [5.74, 6) is 0.647. The van der Waals surface area contributed by atoms with Crippen LogP contribution in [0, 0.1) is 5.41 Å². The molecule has 1 aromatic rings. The van der Waals surface area contributed by atoms with Gasteiger partial charge in [-0.05, 0) is 29.5 Å². The first-order valence-corrected chi connectivity index (χ1v) is 7.92. The van der Waals surface area contributed by atoms with E-state index in [1.165, 1.54) is 16.8 Å². The molecule has 102 valence electrons. The zero-order valence-electron chi connectivity index (χ0n) is 10.2. The minimum absolute atomic E-state index is 0.0166. The van der Waals surface area contributed by atoms with E-state index in [1.54, 1.807) is 11.8 Å². The standard InChI is InChI=1S/C12H9ClN4OS2/c13-8-3-1-7(2-4-8)6-19-12-16-17-9(14)5-10(18)15-11(17)20-12/h1-4,14H,5-6H2. The summed E-state index contributed by atoms with van der Waals surface area (Å²) < 4.78 is 0.790. The molecular weight excluding hydrogens is 316 g/mol. The number of amides is 1. The molecule has 5 nitrogen and oxygen atoms in total. The number of nitrogens with zero attached hydrogens (tertiary/aromatic N) is 3. The maximum atomic E-state index is 11.3. The van der Waals surface area contributed by atoms with Gasteiger partial charge in [-0.3, -0.25) is 10.2 Å². The van der Waals surface area contributed by atoms with Crippen LogP contribution >= 0.6 is 35.1 Å². The van der Waals surface area contributed by atoms with Crippen LogP contribution in [0.5, 0.6) is 0 Å². The van der Waals surface area contributed by atoms with Crippen molar-refractivity contribution in [1.29, 1.82) is 5.41 Å². The molecule has 0 fully saturated rings. The van der Waals surface area contributed by atoms with E-state index >= 15 is 0 Å². The molecule has 3 rings (SSSR count). The van der Waals surface area contributed by atoms with Crippen molar-refractivity contribution in [2.45, 2.75) is 12.2 Å². The van der Waals surface area contributed by atoms with E-state index in [9.17, 15) is 4.79 Å². The molecule has 0 radical (unpaired) electrons. The average molecular weight is 325 g/mol. The van der Waals surface area contributed by atoms with E-state index in [1.807, 2.05) is 24.3 Å². The van der Waals surface area contributed by atoms with Crippen LogP contribution in [0.1, 0.15) is 12.0 Å². The Morgan fingerprint density at radius 3 is 2.90 bits per heavy atom. The monoisotopic (exact) mass is 324 g/mol. The van der Waals surface area contributed by atoms with Crippen molar-refractivity contribution in [3.63, 3.8) is 0 Å². The van der Waals surface area contributed by atoms with Crippen molar-refractivity contribution in [3.8, 4) is 0 Å². The van der Waals surface area contributed by atoms with Crippen LogP contribution in [0.2, 0.25) is 5.02 Å². The Morgan fingerprint density at radius 2 is 2.15 bits per heavy atom. The summed E-state index contributed by atoms with van der Waals surface area (Å²) >= 11 is 8.72. The second-order valence-corrected chi connectivity index (χ2v) is 6.72. The number of carbonyl (C=O) groups excluding carboxylic acids is 1. The van der Waals surface area contributed by atoms with E-state index in [4.69, 9.17) is 17.0 Å². The van der Waals surface area contributed by atoms with Crippen molar-refractivity contribution >= 4 is 56.4 Å². The molecule has 0 spiro atoms. The molecule has 8 heteroatoms. The van der Waals surface area contributed by atoms with Crippen LogP contribution in [0.25, 0.3) is 0 Å². The van der Waals surface area contributed by atoms with Gasteiger partial charge in [0.1, 0.15) is 5.84 Å². The Balaban J connectivity index is 1.66. The maximum Gasteiger partial charge on any atom is 0.255 e. The molecule has 1 aromatic carbocycles. The first kappa shape index (κ1) is 13.7. The van der Waals surface area contributed by atoms with Gasteiger partial charge in [-0.25, -0.2) is 0 Å². The fourth-order valence-corrected chi connectivity index (χ4v) is 3.71. The summed E-state index contributed by atoms with van der Waals surface area (Å²) in [5, 5.41) is 14.7. The number of aliphatic imine (C=N–C) groups is 1. The van der Waals surface area contributed by atoms with Crippen molar-refractivity contribution in [1.82, 2.24) is 5.01 Å². The fourth-order valence-electron chi connectivity index (χ4n) is 1.66. The zero-order chi connectivity index (χ0) is 14.1. The molecule has 0 unspecified atom stereocenters. The summed E-state index contributed by atoms with van der Waals surface area (Å²) in [6.45, 7) is 0. The SMILES string of the molecule is N=C1CC(=O)N=C2SC(SCc3ccc(Cl)cc3)=NN12. The van der Waals surface area contributed by atoms with E-state index in [2.05, 4.69) is 10.1 Å². The third-order valence-electron chi connectivity index (χ3n) is 2.61. The Labute approximate surface area is 129 Å². The van der Waals surface area contributed by atoms with Gasteiger partial charge in [0.25, 0.3) is 5.91 Å². The van der Waals surface area contributed by atoms with Crippen LogP contribution < -0.4 is 0 Å². The Bertz CT molecular complexity index is 641. The van der Waals surface area contributed by atoms with Gasteiger partial charge in [-0.2, -0.15) is 15.1 Å². The molecule has 2 aliphatic heterocycles. The van der Waals surface area contributed by atoms with Crippen LogP contribution in [-0.2, 0) is 10.5 Å². The van der Waals surface area contributed by atoms with Crippen LogP contribution in [-0.4, -0.2) is 26.3 Å². The molecule has 2 heterocycles. The van der Waals surface area contributed by atoms with Crippen LogP contribution in [0.4, 0.5) is 0 Å². The summed E-state index contributed by atoms with van der Waals surface area (Å²) in [4.78, 5) is 15.2. The number of hydrogen-bond acceptors (Lipinski definition) is 5. The molecule has 2 aliphatic rings. The molecule has 0 saturated carbocycles. The van der Waals surface area contributed by atoms with Crippen molar-refractivity contribution in [3.05, 3.63) is 34.9 Å². The van der Waals surface area contributed by atoms with Crippen LogP contribution in [0.15, 0.2) is 34.4 Å². The first-order chi connectivity index (χ1) is 9.61. The normalized spacial score (nSPS) is 17.9. The molecule has 20 heavy (non-hydrogen) atoms. The van der Waals surface area contributed by atoms with Gasteiger partial charge >= 0.3 is 0 Å². The summed E-state index contributed by atoms with van der Waals surface area (Å²) in [5.41, 5.74) is 1.14. The minimum atomic E-state index is -0.284. The lowest BCUT2D eigenvalue weighted by molar-refractivity contribution is -0.117. The van der Waals surface area contributed by atoms with Crippen molar-refractivity contribution in [2.75, 3.05) is 0 Å². The lowest BCUT2D eigenvalue weighted by Gasteiger charge is -2.17. The van der Waals surface area contributed by atoms with E-state index in [0.717, 1.165) is 15.7 Å². The van der Waals surface area contributed by atoms with Gasteiger partial charge in [0.05, 0.1) is 6.42 Å². The Morgan fingerprint density at radius 1 is 1.40 bits per heavy atom.